The van der Waals surface area contributed by atoms with Crippen LogP contribution < -0.4 is 5.32 Å². The second-order valence-electron chi connectivity index (χ2n) is 6.83. The van der Waals surface area contributed by atoms with Gasteiger partial charge in [0, 0.05) is 24.0 Å². The highest BCUT2D eigenvalue weighted by atomic mass is 32.1. The molecule has 2 aliphatic rings. The molecule has 0 unspecified atom stereocenters. The number of piperidine rings is 1. The van der Waals surface area contributed by atoms with Crippen LogP contribution in [-0.2, 0) is 17.6 Å². The van der Waals surface area contributed by atoms with Crippen molar-refractivity contribution in [3.63, 3.8) is 0 Å². The quantitative estimate of drug-likeness (QED) is 0.881. The van der Waals surface area contributed by atoms with Gasteiger partial charge in [0.2, 0.25) is 0 Å². The molecular formula is C20H22N2O3S. The standard InChI is InChI=1S/C20H22N2O3S/c1-25-20(24)22-10-8-15(9-11-22)21-19(23)17-12-14-7-6-13-4-2-3-5-16(13)18(14)26-17/h2-5,12,15H,6-11H2,1H3,(H,21,23). The lowest BCUT2D eigenvalue weighted by atomic mass is 9.91. The van der Waals surface area contributed by atoms with E-state index in [0.29, 0.717) is 13.1 Å². The van der Waals surface area contributed by atoms with Crippen molar-refractivity contribution in [3.8, 4) is 10.4 Å². The number of rotatable bonds is 2. The first-order valence-corrected chi connectivity index (χ1v) is 9.82. The molecule has 2 amide bonds. The zero-order chi connectivity index (χ0) is 18.1. The van der Waals surface area contributed by atoms with Crippen LogP contribution in [0.4, 0.5) is 4.79 Å². The molecule has 4 rings (SSSR count). The minimum absolute atomic E-state index is 0.00148. The van der Waals surface area contributed by atoms with Crippen LogP contribution in [0.3, 0.4) is 0 Å². The first-order valence-electron chi connectivity index (χ1n) is 9.00. The average Bonchev–Trinajstić information content (AvgIpc) is 3.13. The van der Waals surface area contributed by atoms with Crippen LogP contribution in [0.15, 0.2) is 30.3 Å². The fourth-order valence-corrected chi connectivity index (χ4v) is 4.95. The van der Waals surface area contributed by atoms with Gasteiger partial charge in [0.05, 0.1) is 12.0 Å². The molecule has 1 aliphatic heterocycles. The van der Waals surface area contributed by atoms with Gasteiger partial charge in [-0.2, -0.15) is 0 Å². The Bertz CT molecular complexity index is 837. The molecule has 0 radical (unpaired) electrons. The number of hydrogen-bond acceptors (Lipinski definition) is 4. The summed E-state index contributed by atoms with van der Waals surface area (Å²) in [6.07, 6.45) is 3.25. The topological polar surface area (TPSA) is 58.6 Å². The Morgan fingerprint density at radius 2 is 1.88 bits per heavy atom. The van der Waals surface area contributed by atoms with Crippen LogP contribution in [0.5, 0.6) is 0 Å². The minimum Gasteiger partial charge on any atom is -0.453 e. The summed E-state index contributed by atoms with van der Waals surface area (Å²) in [5, 5.41) is 3.14. The molecule has 6 heteroatoms. The molecule has 0 spiro atoms. The number of likely N-dealkylation sites (tertiary alicyclic amines) is 1. The van der Waals surface area contributed by atoms with Crippen LogP contribution in [0.1, 0.15) is 33.6 Å². The van der Waals surface area contributed by atoms with Crippen molar-refractivity contribution in [2.24, 2.45) is 0 Å². The lowest BCUT2D eigenvalue weighted by molar-refractivity contribution is 0.0896. The number of fused-ring (bicyclic) bond motifs is 3. The van der Waals surface area contributed by atoms with Crippen LogP contribution in [0.25, 0.3) is 10.4 Å². The first kappa shape index (κ1) is 17.1. The van der Waals surface area contributed by atoms with Gasteiger partial charge in [-0.1, -0.05) is 24.3 Å². The van der Waals surface area contributed by atoms with Crippen molar-refractivity contribution in [1.29, 1.82) is 0 Å². The number of aryl methyl sites for hydroxylation is 2. The Kier molecular flexibility index (Phi) is 4.68. The average molecular weight is 370 g/mol. The van der Waals surface area contributed by atoms with Crippen molar-refractivity contribution in [1.82, 2.24) is 10.2 Å². The van der Waals surface area contributed by atoms with Gasteiger partial charge in [0.15, 0.2) is 0 Å². The molecule has 0 atom stereocenters. The summed E-state index contributed by atoms with van der Waals surface area (Å²) in [5.74, 6) is -0.00148. The maximum atomic E-state index is 12.7. The van der Waals surface area contributed by atoms with E-state index in [0.717, 1.165) is 30.6 Å². The highest BCUT2D eigenvalue weighted by Gasteiger charge is 2.26. The number of hydrogen-bond donors (Lipinski definition) is 1. The summed E-state index contributed by atoms with van der Waals surface area (Å²) < 4.78 is 4.75. The van der Waals surface area contributed by atoms with E-state index in [9.17, 15) is 9.59 Å². The molecule has 136 valence electrons. The third-order valence-corrected chi connectivity index (χ3v) is 6.43. The van der Waals surface area contributed by atoms with Crippen molar-refractivity contribution in [2.45, 2.75) is 31.7 Å². The monoisotopic (exact) mass is 370 g/mol. The predicted octanol–water partition coefficient (Wildman–Crippen LogP) is 3.47. The molecule has 26 heavy (non-hydrogen) atoms. The minimum atomic E-state index is -0.292. The molecule has 1 saturated heterocycles. The third-order valence-electron chi connectivity index (χ3n) is 5.22. The lowest BCUT2D eigenvalue weighted by Gasteiger charge is -2.31. The van der Waals surface area contributed by atoms with Gasteiger partial charge < -0.3 is 15.0 Å². The predicted molar refractivity (Wildman–Crippen MR) is 102 cm³/mol. The Labute approximate surface area is 157 Å². The number of ether oxygens (including phenoxy) is 1. The number of carbonyl (C=O) groups is 2. The zero-order valence-corrected chi connectivity index (χ0v) is 15.6. The first-order chi connectivity index (χ1) is 12.7. The van der Waals surface area contributed by atoms with E-state index in [1.165, 1.54) is 28.7 Å². The second kappa shape index (κ2) is 7.11. The third kappa shape index (κ3) is 3.21. The van der Waals surface area contributed by atoms with Gasteiger partial charge in [-0.25, -0.2) is 4.79 Å². The molecule has 2 heterocycles. The van der Waals surface area contributed by atoms with E-state index in [-0.39, 0.29) is 18.0 Å². The van der Waals surface area contributed by atoms with Gasteiger partial charge in [-0.15, -0.1) is 11.3 Å². The summed E-state index contributed by atoms with van der Waals surface area (Å²) in [6.45, 7) is 1.23. The lowest BCUT2D eigenvalue weighted by Crippen LogP contribution is -2.46. The molecule has 1 aromatic heterocycles. The number of thiophene rings is 1. The van der Waals surface area contributed by atoms with Gasteiger partial charge in [-0.3, -0.25) is 4.79 Å². The SMILES string of the molecule is COC(=O)N1CCC(NC(=O)c2cc3c(s2)-c2ccccc2CC3)CC1. The Hall–Kier alpha value is -2.34. The maximum Gasteiger partial charge on any atom is 0.409 e. The van der Waals surface area contributed by atoms with Gasteiger partial charge in [-0.05, 0) is 48.4 Å². The molecule has 1 aliphatic carbocycles. The Morgan fingerprint density at radius 3 is 2.65 bits per heavy atom. The second-order valence-corrected chi connectivity index (χ2v) is 7.88. The summed E-state index contributed by atoms with van der Waals surface area (Å²) in [5.41, 5.74) is 3.91. The normalized spacial score (nSPS) is 16.6. The zero-order valence-electron chi connectivity index (χ0n) is 14.8. The van der Waals surface area contributed by atoms with Crippen molar-refractivity contribution in [3.05, 3.63) is 46.3 Å². The summed E-state index contributed by atoms with van der Waals surface area (Å²) in [6, 6.07) is 10.6. The van der Waals surface area contributed by atoms with Crippen molar-refractivity contribution >= 4 is 23.3 Å². The number of nitrogens with one attached hydrogen (secondary N) is 1. The molecule has 2 aromatic rings. The smallest absolute Gasteiger partial charge is 0.409 e. The fourth-order valence-electron chi connectivity index (χ4n) is 3.78. The van der Waals surface area contributed by atoms with Gasteiger partial charge >= 0.3 is 6.09 Å². The molecular weight excluding hydrogens is 348 g/mol. The van der Waals surface area contributed by atoms with Gasteiger partial charge in [0.25, 0.3) is 5.91 Å². The van der Waals surface area contributed by atoms with E-state index >= 15 is 0 Å². The number of amides is 2. The van der Waals surface area contributed by atoms with Crippen LogP contribution in [0, 0.1) is 0 Å². The highest BCUT2D eigenvalue weighted by Crippen LogP contribution is 2.39. The van der Waals surface area contributed by atoms with Crippen LogP contribution in [0.2, 0.25) is 0 Å². The highest BCUT2D eigenvalue weighted by molar-refractivity contribution is 7.17. The number of carbonyl (C=O) groups excluding carboxylic acids is 2. The number of nitrogens with zero attached hydrogens (tertiary/aromatic N) is 1. The van der Waals surface area contributed by atoms with E-state index < -0.39 is 0 Å². The van der Waals surface area contributed by atoms with Crippen molar-refractivity contribution in [2.75, 3.05) is 20.2 Å². The Morgan fingerprint density at radius 1 is 1.15 bits per heavy atom. The molecule has 1 aromatic carbocycles. The van der Waals surface area contributed by atoms with E-state index in [2.05, 4.69) is 35.6 Å². The molecule has 1 fully saturated rings. The van der Waals surface area contributed by atoms with Crippen molar-refractivity contribution < 1.29 is 14.3 Å². The van der Waals surface area contributed by atoms with Gasteiger partial charge in [0.1, 0.15) is 0 Å². The number of benzene rings is 1. The molecule has 1 N–H and O–H groups in total. The Balaban J connectivity index is 1.43. The largest absolute Gasteiger partial charge is 0.453 e. The van der Waals surface area contributed by atoms with Crippen LogP contribution in [-0.4, -0.2) is 43.1 Å². The maximum absolute atomic E-state index is 12.7. The van der Waals surface area contributed by atoms with Crippen LogP contribution >= 0.6 is 11.3 Å². The molecule has 5 nitrogen and oxygen atoms in total. The fraction of sp³-hybridized carbons (Fsp3) is 0.400. The van der Waals surface area contributed by atoms with E-state index in [4.69, 9.17) is 4.74 Å². The number of methoxy groups -OCH3 is 1. The summed E-state index contributed by atoms with van der Waals surface area (Å²) in [7, 11) is 1.40. The van der Waals surface area contributed by atoms with E-state index in [1.54, 1.807) is 16.2 Å². The summed E-state index contributed by atoms with van der Waals surface area (Å²) in [4.78, 5) is 28.0. The molecule has 0 saturated carbocycles. The molecule has 0 bridgehead atoms. The van der Waals surface area contributed by atoms with E-state index in [1.807, 2.05) is 0 Å². The summed E-state index contributed by atoms with van der Waals surface area (Å²) >= 11 is 1.59.